The minimum Gasteiger partial charge on any atom is -0.302 e. The average molecular weight is 273 g/mol. The molecule has 2 atom stereocenters. The van der Waals surface area contributed by atoms with Crippen molar-refractivity contribution in [3.8, 4) is 0 Å². The lowest BCUT2D eigenvalue weighted by Gasteiger charge is -2.24. The highest BCUT2D eigenvalue weighted by Gasteiger charge is 2.17. The molecule has 17 heavy (non-hydrogen) atoms. The minimum atomic E-state index is -1.97. The third-order valence-corrected chi connectivity index (χ3v) is 4.96. The zero-order chi connectivity index (χ0) is 12.3. The van der Waals surface area contributed by atoms with Crippen molar-refractivity contribution in [2.75, 3.05) is 13.1 Å². The lowest BCUT2D eigenvalue weighted by molar-refractivity contribution is 0.365. The van der Waals surface area contributed by atoms with Crippen LogP contribution in [0.2, 0.25) is 0 Å². The molecule has 94 valence electrons. The van der Waals surface area contributed by atoms with E-state index in [9.17, 15) is 8.42 Å². The Hall–Kier alpha value is -0.560. The lowest BCUT2D eigenvalue weighted by atomic mass is 10.2. The predicted octanol–water partition coefficient (Wildman–Crippen LogP) is 1.78. The number of benzene rings is 1. The Bertz CT molecular complexity index is 427. The molecule has 1 saturated heterocycles. The van der Waals surface area contributed by atoms with E-state index in [0.29, 0.717) is 9.79 Å². The van der Waals surface area contributed by atoms with E-state index in [1.165, 1.54) is 6.42 Å². The van der Waals surface area contributed by atoms with Gasteiger partial charge in [-0.1, -0.05) is 6.42 Å². The Kier molecular flexibility index (Phi) is 4.44. The summed E-state index contributed by atoms with van der Waals surface area (Å²) < 4.78 is 33.8. The van der Waals surface area contributed by atoms with Crippen molar-refractivity contribution in [2.24, 2.45) is 0 Å². The first-order chi connectivity index (χ1) is 8.18. The van der Waals surface area contributed by atoms with Crippen molar-refractivity contribution in [1.82, 2.24) is 4.31 Å². The van der Waals surface area contributed by atoms with Crippen LogP contribution in [0.15, 0.2) is 34.1 Å². The SMILES string of the molecule is O=S(O)c1ccc(S(=O)N2CCCCC2)cc1. The summed E-state index contributed by atoms with van der Waals surface area (Å²) in [7, 11) is -1.14. The molecule has 0 amide bonds. The van der Waals surface area contributed by atoms with Gasteiger partial charge in [-0.2, -0.15) is 0 Å². The van der Waals surface area contributed by atoms with E-state index in [0.717, 1.165) is 25.9 Å². The zero-order valence-corrected chi connectivity index (χ0v) is 11.0. The van der Waals surface area contributed by atoms with E-state index < -0.39 is 22.1 Å². The maximum Gasteiger partial charge on any atom is 0.186 e. The van der Waals surface area contributed by atoms with Crippen LogP contribution in [-0.4, -0.2) is 30.4 Å². The second-order valence-electron chi connectivity index (χ2n) is 3.96. The van der Waals surface area contributed by atoms with E-state index in [1.54, 1.807) is 24.3 Å². The Labute approximate surface area is 106 Å². The third-order valence-electron chi connectivity index (χ3n) is 2.78. The van der Waals surface area contributed by atoms with E-state index >= 15 is 0 Å². The average Bonchev–Trinajstić information content (AvgIpc) is 2.39. The van der Waals surface area contributed by atoms with Gasteiger partial charge in [0.15, 0.2) is 11.1 Å². The van der Waals surface area contributed by atoms with Gasteiger partial charge in [0.2, 0.25) is 0 Å². The van der Waals surface area contributed by atoms with Crippen molar-refractivity contribution < 1.29 is 13.0 Å². The summed E-state index contributed by atoms with van der Waals surface area (Å²) in [5.74, 6) is 0. The molecule has 0 aliphatic carbocycles. The second-order valence-corrected chi connectivity index (χ2v) is 6.42. The fourth-order valence-electron chi connectivity index (χ4n) is 1.85. The van der Waals surface area contributed by atoms with Gasteiger partial charge >= 0.3 is 0 Å². The largest absolute Gasteiger partial charge is 0.302 e. The van der Waals surface area contributed by atoms with Crippen LogP contribution in [0.5, 0.6) is 0 Å². The third kappa shape index (κ3) is 3.22. The maximum atomic E-state index is 12.2. The van der Waals surface area contributed by atoms with Crippen molar-refractivity contribution >= 4 is 22.1 Å². The highest BCUT2D eigenvalue weighted by Crippen LogP contribution is 2.18. The molecule has 0 aromatic heterocycles. The van der Waals surface area contributed by atoms with Crippen LogP contribution in [0.4, 0.5) is 0 Å². The molecule has 1 heterocycles. The Morgan fingerprint density at radius 1 is 0.941 bits per heavy atom. The summed E-state index contributed by atoms with van der Waals surface area (Å²) >= 11 is -1.97. The highest BCUT2D eigenvalue weighted by molar-refractivity contribution is 7.82. The molecule has 6 heteroatoms. The van der Waals surface area contributed by atoms with Crippen LogP contribution in [0, 0.1) is 0 Å². The van der Waals surface area contributed by atoms with Gasteiger partial charge < -0.3 is 4.55 Å². The van der Waals surface area contributed by atoms with Crippen LogP contribution < -0.4 is 0 Å². The van der Waals surface area contributed by atoms with Gasteiger partial charge in [0.1, 0.15) is 11.0 Å². The normalized spacial score (nSPS) is 21.0. The predicted molar refractivity (Wildman–Crippen MR) is 67.3 cm³/mol. The van der Waals surface area contributed by atoms with Gasteiger partial charge in [-0.3, -0.25) is 0 Å². The van der Waals surface area contributed by atoms with Gasteiger partial charge in [0.05, 0.1) is 9.79 Å². The molecule has 0 bridgehead atoms. The number of piperidine rings is 1. The quantitative estimate of drug-likeness (QED) is 0.854. The van der Waals surface area contributed by atoms with Crippen LogP contribution >= 0.6 is 0 Å². The van der Waals surface area contributed by atoms with Gasteiger partial charge in [-0.15, -0.1) is 0 Å². The fraction of sp³-hybridized carbons (Fsp3) is 0.455. The van der Waals surface area contributed by atoms with Gasteiger partial charge in [-0.05, 0) is 37.1 Å². The van der Waals surface area contributed by atoms with Crippen molar-refractivity contribution in [3.63, 3.8) is 0 Å². The van der Waals surface area contributed by atoms with Gasteiger partial charge in [0, 0.05) is 13.1 Å². The molecule has 1 N–H and O–H groups in total. The lowest BCUT2D eigenvalue weighted by Crippen LogP contribution is -2.31. The molecule has 0 saturated carbocycles. The first-order valence-corrected chi connectivity index (χ1v) is 7.77. The molecule has 1 aromatic carbocycles. The number of nitrogens with zero attached hydrogens (tertiary/aromatic N) is 1. The number of rotatable bonds is 3. The summed E-state index contributed by atoms with van der Waals surface area (Å²) in [6, 6.07) is 6.42. The smallest absolute Gasteiger partial charge is 0.186 e. The molecule has 1 aliphatic rings. The molecule has 1 fully saturated rings. The summed E-state index contributed by atoms with van der Waals surface area (Å²) in [6.07, 6.45) is 3.38. The molecular formula is C11H15NO3S2. The van der Waals surface area contributed by atoms with Crippen molar-refractivity contribution in [2.45, 2.75) is 29.1 Å². The molecule has 0 radical (unpaired) electrons. The van der Waals surface area contributed by atoms with Crippen LogP contribution in [0.3, 0.4) is 0 Å². The van der Waals surface area contributed by atoms with Crippen molar-refractivity contribution in [3.05, 3.63) is 24.3 Å². The number of hydrogen-bond acceptors (Lipinski definition) is 2. The first-order valence-electron chi connectivity index (χ1n) is 5.56. The summed E-state index contributed by atoms with van der Waals surface area (Å²) in [6.45, 7) is 1.72. The summed E-state index contributed by atoms with van der Waals surface area (Å²) in [5, 5.41) is 0. The molecule has 1 aromatic rings. The van der Waals surface area contributed by atoms with E-state index in [1.807, 2.05) is 4.31 Å². The number of hydrogen-bond donors (Lipinski definition) is 1. The molecular weight excluding hydrogens is 258 g/mol. The van der Waals surface area contributed by atoms with Gasteiger partial charge in [0.25, 0.3) is 0 Å². The van der Waals surface area contributed by atoms with Crippen LogP contribution in [0.1, 0.15) is 19.3 Å². The molecule has 2 rings (SSSR count). The van der Waals surface area contributed by atoms with E-state index in [4.69, 9.17) is 4.55 Å². The van der Waals surface area contributed by atoms with Gasteiger partial charge in [-0.25, -0.2) is 12.7 Å². The zero-order valence-electron chi connectivity index (χ0n) is 9.37. The Morgan fingerprint density at radius 2 is 1.47 bits per heavy atom. The molecule has 2 unspecified atom stereocenters. The monoisotopic (exact) mass is 273 g/mol. The molecule has 4 nitrogen and oxygen atoms in total. The summed E-state index contributed by atoms with van der Waals surface area (Å²) in [5.41, 5.74) is 0. The van der Waals surface area contributed by atoms with Crippen molar-refractivity contribution in [1.29, 1.82) is 0 Å². The Balaban J connectivity index is 2.10. The topological polar surface area (TPSA) is 57.6 Å². The fourth-order valence-corrected chi connectivity index (χ4v) is 3.48. The summed E-state index contributed by atoms with van der Waals surface area (Å²) in [4.78, 5) is 1.03. The second kappa shape index (κ2) is 5.86. The Morgan fingerprint density at radius 3 is 2.00 bits per heavy atom. The minimum absolute atomic E-state index is 0.337. The van der Waals surface area contributed by atoms with Crippen LogP contribution in [-0.2, 0) is 22.1 Å². The van der Waals surface area contributed by atoms with E-state index in [2.05, 4.69) is 0 Å². The molecule has 1 aliphatic heterocycles. The standard InChI is InChI=1S/C11H15NO3S2/c13-16(12-8-2-1-3-9-12)10-4-6-11(7-5-10)17(14)15/h4-7H,1-3,8-9H2,(H,14,15). The maximum absolute atomic E-state index is 12.2. The highest BCUT2D eigenvalue weighted by atomic mass is 32.2. The van der Waals surface area contributed by atoms with Crippen LogP contribution in [0.25, 0.3) is 0 Å². The first kappa shape index (κ1) is 12.9. The van der Waals surface area contributed by atoms with E-state index in [-0.39, 0.29) is 0 Å². The molecule has 0 spiro atoms.